The first-order valence-electron chi connectivity index (χ1n) is 3.90. The first-order valence-corrected chi connectivity index (χ1v) is 3.90. The Morgan fingerprint density at radius 1 is 1.36 bits per heavy atom. The molecule has 1 N–H and O–H groups in total. The van der Waals surface area contributed by atoms with Gasteiger partial charge in [0.05, 0.1) is 0 Å². The lowest BCUT2D eigenvalue weighted by Crippen LogP contribution is -2.06. The van der Waals surface area contributed by atoms with E-state index in [-0.39, 0.29) is 6.42 Å². The van der Waals surface area contributed by atoms with Crippen LogP contribution in [0.25, 0.3) is 0 Å². The molecule has 0 spiro atoms. The van der Waals surface area contributed by atoms with Crippen LogP contribution in [0.15, 0.2) is 12.3 Å². The van der Waals surface area contributed by atoms with Crippen LogP contribution in [0.5, 0.6) is 0 Å². The molecule has 0 amide bonds. The molecule has 0 saturated carbocycles. The number of halogens is 2. The lowest BCUT2D eigenvalue weighted by molar-refractivity contribution is 0.134. The summed E-state index contributed by atoms with van der Waals surface area (Å²) in [6, 6.07) is 0. The van der Waals surface area contributed by atoms with E-state index in [1.807, 2.05) is 19.2 Å². The molecule has 0 aliphatic rings. The monoisotopic (exact) mass is 163 g/mol. The van der Waals surface area contributed by atoms with Gasteiger partial charge in [0.25, 0.3) is 0 Å². The first kappa shape index (κ1) is 10.4. The molecule has 0 aromatic rings. The number of hydrogen-bond acceptors (Lipinski definition) is 1. The molecular weight excluding hydrogens is 148 g/mol. The highest BCUT2D eigenvalue weighted by Gasteiger charge is 1.99. The van der Waals surface area contributed by atoms with Gasteiger partial charge >= 0.3 is 0 Å². The van der Waals surface area contributed by atoms with Gasteiger partial charge in [0.2, 0.25) is 6.43 Å². The van der Waals surface area contributed by atoms with Crippen LogP contribution in [0.2, 0.25) is 0 Å². The second-order valence-corrected chi connectivity index (χ2v) is 2.34. The van der Waals surface area contributed by atoms with Gasteiger partial charge in [0, 0.05) is 13.0 Å². The molecule has 0 fully saturated rings. The Balaban J connectivity index is 2.91. The lowest BCUT2D eigenvalue weighted by Gasteiger charge is -1.99. The summed E-state index contributed by atoms with van der Waals surface area (Å²) in [4.78, 5) is 0. The van der Waals surface area contributed by atoms with Gasteiger partial charge in [-0.05, 0) is 26.0 Å². The van der Waals surface area contributed by atoms with E-state index in [1.165, 1.54) is 0 Å². The summed E-state index contributed by atoms with van der Waals surface area (Å²) >= 11 is 0. The Hall–Kier alpha value is -0.600. The van der Waals surface area contributed by atoms with Gasteiger partial charge in [0.1, 0.15) is 0 Å². The molecule has 0 aromatic carbocycles. The van der Waals surface area contributed by atoms with E-state index in [0.29, 0.717) is 6.42 Å². The third kappa shape index (κ3) is 9.40. The van der Waals surface area contributed by atoms with Crippen LogP contribution >= 0.6 is 0 Å². The number of allylic oxidation sites excluding steroid dienone is 1. The highest BCUT2D eigenvalue weighted by molar-refractivity contribution is 4.73. The third-order valence-electron chi connectivity index (χ3n) is 1.28. The molecule has 0 aliphatic carbocycles. The van der Waals surface area contributed by atoms with Crippen LogP contribution in [0.3, 0.4) is 0 Å². The summed E-state index contributed by atoms with van der Waals surface area (Å²) in [7, 11) is 0. The standard InChI is InChI=1S/C8H15F2N/c1-2-6-11-7-4-3-5-8(9)10/h2,6,8,11H,3-5,7H2,1H3/b6-2+. The SMILES string of the molecule is C/C=C/NCCCCC(F)F. The van der Waals surface area contributed by atoms with E-state index in [9.17, 15) is 8.78 Å². The quantitative estimate of drug-likeness (QED) is 0.593. The van der Waals surface area contributed by atoms with Crippen molar-refractivity contribution in [2.75, 3.05) is 6.54 Å². The Bertz CT molecular complexity index is 102. The molecule has 0 aromatic heterocycles. The Morgan fingerprint density at radius 2 is 2.09 bits per heavy atom. The summed E-state index contributed by atoms with van der Waals surface area (Å²) in [6.07, 6.45) is 3.00. The van der Waals surface area contributed by atoms with Crippen LogP contribution in [-0.2, 0) is 0 Å². The zero-order chi connectivity index (χ0) is 8.53. The summed E-state index contributed by atoms with van der Waals surface area (Å²) in [5, 5.41) is 2.98. The average Bonchev–Trinajstić information content (AvgIpc) is 1.96. The molecule has 0 rings (SSSR count). The van der Waals surface area contributed by atoms with Crippen LogP contribution < -0.4 is 5.32 Å². The predicted molar refractivity (Wildman–Crippen MR) is 42.7 cm³/mol. The van der Waals surface area contributed by atoms with Crippen LogP contribution in [0, 0.1) is 0 Å². The minimum atomic E-state index is -2.14. The summed E-state index contributed by atoms with van der Waals surface area (Å²) < 4.78 is 23.2. The second-order valence-electron chi connectivity index (χ2n) is 2.34. The van der Waals surface area contributed by atoms with Gasteiger partial charge in [-0.15, -0.1) is 0 Å². The van der Waals surface area contributed by atoms with Crippen molar-refractivity contribution >= 4 is 0 Å². The zero-order valence-corrected chi connectivity index (χ0v) is 6.82. The predicted octanol–water partition coefficient (Wildman–Crippen LogP) is 2.55. The average molecular weight is 163 g/mol. The maximum atomic E-state index is 11.6. The maximum absolute atomic E-state index is 11.6. The van der Waals surface area contributed by atoms with Gasteiger partial charge in [-0.1, -0.05) is 6.08 Å². The molecule has 0 bridgehead atoms. The Kier molecular flexibility index (Phi) is 7.10. The normalized spacial score (nSPS) is 11.3. The topological polar surface area (TPSA) is 12.0 Å². The van der Waals surface area contributed by atoms with Crippen LogP contribution in [-0.4, -0.2) is 13.0 Å². The highest BCUT2D eigenvalue weighted by atomic mass is 19.3. The van der Waals surface area contributed by atoms with E-state index in [1.54, 1.807) is 0 Å². The van der Waals surface area contributed by atoms with Gasteiger partial charge in [-0.3, -0.25) is 0 Å². The van der Waals surface area contributed by atoms with Crippen molar-refractivity contribution in [1.82, 2.24) is 5.32 Å². The molecule has 0 atom stereocenters. The number of unbranched alkanes of at least 4 members (excludes halogenated alkanes) is 1. The molecule has 0 aliphatic heterocycles. The molecule has 0 unspecified atom stereocenters. The number of nitrogens with one attached hydrogen (secondary N) is 1. The van der Waals surface area contributed by atoms with Crippen molar-refractivity contribution in [1.29, 1.82) is 0 Å². The van der Waals surface area contributed by atoms with Crippen molar-refractivity contribution in [2.45, 2.75) is 32.6 Å². The van der Waals surface area contributed by atoms with E-state index in [2.05, 4.69) is 5.32 Å². The second kappa shape index (κ2) is 7.51. The molecule has 0 saturated heterocycles. The highest BCUT2D eigenvalue weighted by Crippen LogP contribution is 2.04. The fourth-order valence-electron chi connectivity index (χ4n) is 0.727. The Labute approximate surface area is 66.5 Å². The van der Waals surface area contributed by atoms with Crippen molar-refractivity contribution in [2.24, 2.45) is 0 Å². The minimum absolute atomic E-state index is 0.0253. The molecule has 0 heterocycles. The van der Waals surface area contributed by atoms with E-state index >= 15 is 0 Å². The summed E-state index contributed by atoms with van der Waals surface area (Å²) in [5.41, 5.74) is 0. The maximum Gasteiger partial charge on any atom is 0.238 e. The van der Waals surface area contributed by atoms with Crippen LogP contribution in [0.4, 0.5) is 8.78 Å². The third-order valence-corrected chi connectivity index (χ3v) is 1.28. The fourth-order valence-corrected chi connectivity index (χ4v) is 0.727. The minimum Gasteiger partial charge on any atom is -0.391 e. The van der Waals surface area contributed by atoms with Crippen molar-refractivity contribution in [3.05, 3.63) is 12.3 Å². The van der Waals surface area contributed by atoms with E-state index in [0.717, 1.165) is 13.0 Å². The zero-order valence-electron chi connectivity index (χ0n) is 6.82. The van der Waals surface area contributed by atoms with E-state index in [4.69, 9.17) is 0 Å². The van der Waals surface area contributed by atoms with Gasteiger partial charge in [-0.2, -0.15) is 0 Å². The number of rotatable bonds is 6. The largest absolute Gasteiger partial charge is 0.391 e. The molecule has 11 heavy (non-hydrogen) atoms. The molecule has 3 heteroatoms. The van der Waals surface area contributed by atoms with Crippen molar-refractivity contribution in [3.63, 3.8) is 0 Å². The Morgan fingerprint density at radius 3 is 2.64 bits per heavy atom. The van der Waals surface area contributed by atoms with Crippen molar-refractivity contribution in [3.8, 4) is 0 Å². The van der Waals surface area contributed by atoms with Gasteiger partial charge in [0.15, 0.2) is 0 Å². The summed E-state index contributed by atoms with van der Waals surface area (Å²) in [6.45, 7) is 2.70. The summed E-state index contributed by atoms with van der Waals surface area (Å²) in [5.74, 6) is 0. The molecule has 66 valence electrons. The molecular formula is C8H15F2N. The van der Waals surface area contributed by atoms with E-state index < -0.39 is 6.43 Å². The lowest BCUT2D eigenvalue weighted by atomic mass is 10.2. The van der Waals surface area contributed by atoms with Crippen molar-refractivity contribution < 1.29 is 8.78 Å². The number of hydrogen-bond donors (Lipinski definition) is 1. The smallest absolute Gasteiger partial charge is 0.238 e. The van der Waals surface area contributed by atoms with Gasteiger partial charge < -0.3 is 5.32 Å². The number of alkyl halides is 2. The molecule has 0 radical (unpaired) electrons. The fraction of sp³-hybridized carbons (Fsp3) is 0.750. The van der Waals surface area contributed by atoms with Gasteiger partial charge in [-0.25, -0.2) is 8.78 Å². The van der Waals surface area contributed by atoms with Crippen LogP contribution in [0.1, 0.15) is 26.2 Å². The first-order chi connectivity index (χ1) is 5.27. The molecule has 1 nitrogen and oxygen atoms in total.